The van der Waals surface area contributed by atoms with E-state index in [1.54, 1.807) is 18.2 Å². The molecule has 0 aromatic heterocycles. The van der Waals surface area contributed by atoms with Crippen LogP contribution in [0, 0.1) is 0 Å². The van der Waals surface area contributed by atoms with E-state index in [0.29, 0.717) is 5.57 Å². The van der Waals surface area contributed by atoms with Crippen LogP contribution in [-0.4, -0.2) is 23.5 Å². The lowest BCUT2D eigenvalue weighted by molar-refractivity contribution is -0.151. The van der Waals surface area contributed by atoms with Gasteiger partial charge in [-0.1, -0.05) is 6.08 Å². The van der Waals surface area contributed by atoms with Gasteiger partial charge >= 0.3 is 5.97 Å². The highest BCUT2D eigenvalue weighted by Gasteiger charge is 2.29. The minimum Gasteiger partial charge on any atom is -0.489 e. The Bertz CT molecular complexity index is 314. The zero-order chi connectivity index (χ0) is 9.26. The highest BCUT2D eigenvalue weighted by Crippen LogP contribution is 2.20. The number of hydrogen-bond donors (Lipinski definition) is 1. The van der Waals surface area contributed by atoms with E-state index < -0.39 is 18.4 Å². The molecule has 4 heteroatoms. The summed E-state index contributed by atoms with van der Waals surface area (Å²) in [5, 5.41) is 8.98. The molecule has 0 aromatic rings. The van der Waals surface area contributed by atoms with Gasteiger partial charge in [0.25, 0.3) is 0 Å². The van der Waals surface area contributed by atoms with Crippen molar-refractivity contribution in [3.05, 3.63) is 36.1 Å². The van der Waals surface area contributed by atoms with Crippen molar-refractivity contribution in [2.24, 2.45) is 0 Å². The van der Waals surface area contributed by atoms with E-state index in [9.17, 15) is 4.79 Å². The van der Waals surface area contributed by atoms with Crippen molar-refractivity contribution in [2.45, 2.75) is 12.4 Å². The molecule has 2 unspecified atom stereocenters. The van der Waals surface area contributed by atoms with Gasteiger partial charge in [-0.15, -0.1) is 0 Å². The van der Waals surface area contributed by atoms with Crippen molar-refractivity contribution in [3.63, 3.8) is 0 Å². The second-order valence-electron chi connectivity index (χ2n) is 2.69. The van der Waals surface area contributed by atoms with Crippen molar-refractivity contribution in [1.82, 2.24) is 0 Å². The van der Waals surface area contributed by atoms with Gasteiger partial charge in [-0.2, -0.15) is 0 Å². The third-order valence-electron chi connectivity index (χ3n) is 1.79. The molecule has 4 nitrogen and oxygen atoms in total. The standard InChI is InChI=1S/C9H8O4/c10-8-5-6(9(11)13-8)7-3-1-2-4-12-7/h1-5,7-8,10H. The van der Waals surface area contributed by atoms with Crippen LogP contribution in [-0.2, 0) is 14.3 Å². The lowest BCUT2D eigenvalue weighted by Gasteiger charge is -2.13. The lowest BCUT2D eigenvalue weighted by atomic mass is 10.1. The summed E-state index contributed by atoms with van der Waals surface area (Å²) in [5.74, 6) is -0.530. The first-order chi connectivity index (χ1) is 6.27. The smallest absolute Gasteiger partial charge is 0.340 e. The van der Waals surface area contributed by atoms with Crippen LogP contribution in [0.4, 0.5) is 0 Å². The van der Waals surface area contributed by atoms with Crippen LogP contribution >= 0.6 is 0 Å². The van der Waals surface area contributed by atoms with Crippen LogP contribution < -0.4 is 0 Å². The Morgan fingerprint density at radius 3 is 2.77 bits per heavy atom. The fourth-order valence-electron chi connectivity index (χ4n) is 1.21. The monoisotopic (exact) mass is 180 g/mol. The molecule has 0 spiro atoms. The number of cyclic esters (lactones) is 1. The summed E-state index contributed by atoms with van der Waals surface area (Å²) in [5.41, 5.74) is 0.341. The maximum atomic E-state index is 11.1. The van der Waals surface area contributed by atoms with Gasteiger partial charge < -0.3 is 14.6 Å². The molecule has 0 saturated heterocycles. The topological polar surface area (TPSA) is 55.8 Å². The fraction of sp³-hybridized carbons (Fsp3) is 0.222. The minimum absolute atomic E-state index is 0.341. The second-order valence-corrected chi connectivity index (χ2v) is 2.69. The zero-order valence-electron chi connectivity index (χ0n) is 6.71. The van der Waals surface area contributed by atoms with E-state index in [0.717, 1.165) is 0 Å². The lowest BCUT2D eigenvalue weighted by Crippen LogP contribution is -2.17. The number of hydrogen-bond acceptors (Lipinski definition) is 4. The van der Waals surface area contributed by atoms with E-state index >= 15 is 0 Å². The van der Waals surface area contributed by atoms with Crippen LogP contribution in [0.15, 0.2) is 36.1 Å². The van der Waals surface area contributed by atoms with Gasteiger partial charge in [0.2, 0.25) is 6.29 Å². The van der Waals surface area contributed by atoms with Crippen molar-refractivity contribution < 1.29 is 19.4 Å². The summed E-state index contributed by atoms with van der Waals surface area (Å²) in [6.07, 6.45) is 6.46. The molecule has 2 aliphatic rings. The Morgan fingerprint density at radius 1 is 1.38 bits per heavy atom. The summed E-state index contributed by atoms with van der Waals surface area (Å²) >= 11 is 0. The molecular weight excluding hydrogens is 172 g/mol. The Balaban J connectivity index is 2.17. The summed E-state index contributed by atoms with van der Waals surface area (Å²) in [7, 11) is 0. The van der Waals surface area contributed by atoms with Gasteiger partial charge in [0.1, 0.15) is 6.10 Å². The molecule has 0 saturated carbocycles. The molecule has 13 heavy (non-hydrogen) atoms. The molecule has 1 N–H and O–H groups in total. The molecule has 0 radical (unpaired) electrons. The molecular formula is C9H8O4. The van der Waals surface area contributed by atoms with Gasteiger partial charge in [0.15, 0.2) is 0 Å². The summed E-state index contributed by atoms with van der Waals surface area (Å²) < 4.78 is 9.65. The van der Waals surface area contributed by atoms with Gasteiger partial charge in [0, 0.05) is 0 Å². The van der Waals surface area contributed by atoms with E-state index in [4.69, 9.17) is 9.84 Å². The van der Waals surface area contributed by atoms with Crippen LogP contribution in [0.25, 0.3) is 0 Å². The average molecular weight is 180 g/mol. The zero-order valence-corrected chi connectivity index (χ0v) is 6.71. The number of esters is 1. The Morgan fingerprint density at radius 2 is 2.23 bits per heavy atom. The van der Waals surface area contributed by atoms with Gasteiger partial charge in [-0.25, -0.2) is 4.79 Å². The maximum absolute atomic E-state index is 11.1. The van der Waals surface area contributed by atoms with Crippen molar-refractivity contribution in [3.8, 4) is 0 Å². The van der Waals surface area contributed by atoms with Crippen LogP contribution in [0.3, 0.4) is 0 Å². The highest BCUT2D eigenvalue weighted by molar-refractivity contribution is 5.92. The fourth-order valence-corrected chi connectivity index (χ4v) is 1.21. The van der Waals surface area contributed by atoms with E-state index in [1.807, 2.05) is 0 Å². The Hall–Kier alpha value is -1.55. The highest BCUT2D eigenvalue weighted by atomic mass is 16.6. The van der Waals surface area contributed by atoms with Crippen LogP contribution in [0.1, 0.15) is 0 Å². The van der Waals surface area contributed by atoms with E-state index in [2.05, 4.69) is 4.74 Å². The molecule has 0 bridgehead atoms. The van der Waals surface area contributed by atoms with Gasteiger partial charge in [0.05, 0.1) is 11.8 Å². The average Bonchev–Trinajstić information content (AvgIpc) is 2.47. The maximum Gasteiger partial charge on any atom is 0.340 e. The molecule has 2 aliphatic heterocycles. The van der Waals surface area contributed by atoms with Crippen molar-refractivity contribution in [2.75, 3.05) is 0 Å². The first-order valence-corrected chi connectivity index (χ1v) is 3.87. The molecule has 2 rings (SSSR count). The normalized spacial score (nSPS) is 31.2. The van der Waals surface area contributed by atoms with Crippen molar-refractivity contribution >= 4 is 5.97 Å². The quantitative estimate of drug-likeness (QED) is 0.588. The first-order valence-electron chi connectivity index (χ1n) is 3.87. The molecule has 2 heterocycles. The number of carbonyl (C=O) groups is 1. The summed E-state index contributed by atoms with van der Waals surface area (Å²) in [6.45, 7) is 0. The van der Waals surface area contributed by atoms with Gasteiger partial charge in [-0.3, -0.25) is 0 Å². The number of aliphatic hydroxyl groups excluding tert-OH is 1. The molecule has 0 fully saturated rings. The molecule has 0 aliphatic carbocycles. The third kappa shape index (κ3) is 1.48. The molecule has 68 valence electrons. The SMILES string of the molecule is O=C1OC(O)C=C1C1C=CC=CO1. The number of allylic oxidation sites excluding steroid dienone is 2. The largest absolute Gasteiger partial charge is 0.489 e. The molecule has 2 atom stereocenters. The first kappa shape index (κ1) is 8.07. The van der Waals surface area contributed by atoms with Crippen molar-refractivity contribution in [1.29, 1.82) is 0 Å². The van der Waals surface area contributed by atoms with E-state index in [1.165, 1.54) is 12.3 Å². The molecule has 0 aromatic carbocycles. The van der Waals surface area contributed by atoms with Crippen LogP contribution in [0.5, 0.6) is 0 Å². The predicted molar refractivity (Wildman–Crippen MR) is 43.3 cm³/mol. The number of aliphatic hydroxyl groups is 1. The molecule has 0 amide bonds. The third-order valence-corrected chi connectivity index (χ3v) is 1.79. The number of rotatable bonds is 1. The van der Waals surface area contributed by atoms with Crippen LogP contribution in [0.2, 0.25) is 0 Å². The number of ether oxygens (including phenoxy) is 2. The second kappa shape index (κ2) is 3.06. The number of carbonyl (C=O) groups excluding carboxylic acids is 1. The van der Waals surface area contributed by atoms with Gasteiger partial charge in [-0.05, 0) is 18.2 Å². The Labute approximate surface area is 74.8 Å². The van der Waals surface area contributed by atoms with E-state index in [-0.39, 0.29) is 0 Å². The minimum atomic E-state index is -1.13. The Kier molecular flexibility index (Phi) is 1.90. The predicted octanol–water partition coefficient (Wildman–Crippen LogP) is 0.257. The summed E-state index contributed by atoms with van der Waals surface area (Å²) in [6, 6.07) is 0. The summed E-state index contributed by atoms with van der Waals surface area (Å²) in [4.78, 5) is 11.1.